The van der Waals surface area contributed by atoms with Gasteiger partial charge in [0.15, 0.2) is 0 Å². The molecule has 2 saturated heterocycles. The van der Waals surface area contributed by atoms with E-state index in [-0.39, 0.29) is 11.4 Å². The Morgan fingerprint density at radius 2 is 1.13 bits per heavy atom. The summed E-state index contributed by atoms with van der Waals surface area (Å²) in [5.74, 6) is 0. The number of halogens is 6. The minimum atomic E-state index is -4.61. The summed E-state index contributed by atoms with van der Waals surface area (Å²) in [6.07, 6.45) is -3.52. The Kier molecular flexibility index (Phi) is 12.0. The highest BCUT2D eigenvalue weighted by molar-refractivity contribution is 5.69. The van der Waals surface area contributed by atoms with Crippen LogP contribution in [0.5, 0.6) is 0 Å². The van der Waals surface area contributed by atoms with Gasteiger partial charge >= 0.3 is 12.4 Å². The Morgan fingerprint density at radius 3 is 1.56 bits per heavy atom. The van der Waals surface area contributed by atoms with Gasteiger partial charge in [0.1, 0.15) is 5.69 Å². The van der Waals surface area contributed by atoms with Gasteiger partial charge in [-0.15, -0.1) is 0 Å². The van der Waals surface area contributed by atoms with Crippen LogP contribution >= 0.6 is 0 Å². The van der Waals surface area contributed by atoms with E-state index in [9.17, 15) is 36.5 Å². The van der Waals surface area contributed by atoms with Crippen molar-refractivity contribution in [3.63, 3.8) is 0 Å². The average molecular weight is 737 g/mol. The number of alkyl halides is 6. The van der Waals surface area contributed by atoms with E-state index < -0.39 is 34.1 Å². The highest BCUT2D eigenvalue weighted by atomic mass is 19.4. The molecule has 0 saturated carbocycles. The first-order chi connectivity index (χ1) is 24.6. The summed E-state index contributed by atoms with van der Waals surface area (Å²) in [5, 5.41) is 20.1. The van der Waals surface area contributed by atoms with Gasteiger partial charge in [0.2, 0.25) is 0 Å². The molecule has 2 aliphatic heterocycles. The number of nitrogens with two attached hydrogens (primary N) is 1. The number of aromatic nitrogens is 4. The van der Waals surface area contributed by atoms with Crippen LogP contribution in [0.25, 0.3) is 0 Å². The summed E-state index contributed by atoms with van der Waals surface area (Å²) in [7, 11) is 3.73. The molecule has 2 aromatic heterocycles. The molecule has 0 radical (unpaired) electrons. The molecular weight excluding hydrogens is 694 g/mol. The average Bonchev–Trinajstić information content (AvgIpc) is 3.50. The minimum absolute atomic E-state index is 0.174. The highest BCUT2D eigenvalue weighted by Crippen LogP contribution is 2.37. The van der Waals surface area contributed by atoms with Crippen molar-refractivity contribution in [2.24, 2.45) is 14.1 Å². The van der Waals surface area contributed by atoms with Gasteiger partial charge in [0.25, 0.3) is 5.69 Å². The molecule has 2 aromatic carbocycles. The van der Waals surface area contributed by atoms with Gasteiger partial charge in [0, 0.05) is 98.0 Å². The van der Waals surface area contributed by atoms with Crippen LogP contribution in [0, 0.1) is 10.1 Å². The first-order valence-electron chi connectivity index (χ1n) is 16.8. The monoisotopic (exact) mass is 736 g/mol. The van der Waals surface area contributed by atoms with Gasteiger partial charge < -0.3 is 15.5 Å². The summed E-state index contributed by atoms with van der Waals surface area (Å²) in [4.78, 5) is 18.9. The van der Waals surface area contributed by atoms with Gasteiger partial charge in [-0.25, -0.2) is 0 Å². The number of nitrogens with zero attached hydrogens (tertiary/aromatic N) is 9. The maximum Gasteiger partial charge on any atom is 0.416 e. The van der Waals surface area contributed by atoms with E-state index in [1.54, 1.807) is 14.3 Å². The molecule has 0 atom stereocenters. The molecule has 2 N–H and O–H groups in total. The lowest BCUT2D eigenvalue weighted by Crippen LogP contribution is -2.31. The first kappa shape index (κ1) is 38.4. The molecule has 0 unspecified atom stereocenters. The van der Waals surface area contributed by atoms with Crippen LogP contribution in [0.1, 0.15) is 35.4 Å². The van der Waals surface area contributed by atoms with Crippen molar-refractivity contribution in [2.75, 3.05) is 67.9 Å². The number of anilines is 3. The number of nitro groups is 1. The van der Waals surface area contributed by atoms with Crippen molar-refractivity contribution in [2.45, 2.75) is 38.3 Å². The van der Waals surface area contributed by atoms with Crippen molar-refractivity contribution < 1.29 is 31.3 Å². The van der Waals surface area contributed by atoms with Crippen molar-refractivity contribution in [1.82, 2.24) is 29.4 Å². The second kappa shape index (κ2) is 16.2. The fourth-order valence-electron chi connectivity index (χ4n) is 6.43. The first-order valence-corrected chi connectivity index (χ1v) is 16.8. The maximum absolute atomic E-state index is 12.9. The van der Waals surface area contributed by atoms with Gasteiger partial charge in [-0.3, -0.25) is 29.3 Å². The van der Waals surface area contributed by atoms with Crippen molar-refractivity contribution >= 4 is 22.7 Å². The van der Waals surface area contributed by atoms with E-state index in [0.717, 1.165) is 81.7 Å². The SMILES string of the molecule is Cn1ccc(CN2CCCN(c3ccc(C(F)(F)F)cc3N)CC2)n1.Cn1ccc(CN2CCCN(c3ccc(C(F)(F)F)cc3[N+](=O)[O-])CC2)n1. The van der Waals surface area contributed by atoms with Crippen LogP contribution in [0.4, 0.5) is 49.1 Å². The van der Waals surface area contributed by atoms with Crippen LogP contribution < -0.4 is 15.5 Å². The van der Waals surface area contributed by atoms with Crippen LogP contribution in [0.3, 0.4) is 0 Å². The van der Waals surface area contributed by atoms with Crippen molar-refractivity contribution in [1.29, 1.82) is 0 Å². The highest BCUT2D eigenvalue weighted by Gasteiger charge is 2.34. The molecule has 4 heterocycles. The van der Waals surface area contributed by atoms with E-state index >= 15 is 0 Å². The van der Waals surface area contributed by atoms with Gasteiger partial charge in [0.05, 0.1) is 38.8 Å². The number of aryl methyl sites for hydroxylation is 2. The zero-order valence-corrected chi connectivity index (χ0v) is 28.9. The molecule has 2 aliphatic rings. The molecule has 0 aliphatic carbocycles. The summed E-state index contributed by atoms with van der Waals surface area (Å²) in [6, 6.07) is 10.3. The molecule has 0 bridgehead atoms. The molecule has 12 nitrogen and oxygen atoms in total. The van der Waals surface area contributed by atoms with Crippen molar-refractivity contribution in [3.8, 4) is 0 Å². The van der Waals surface area contributed by atoms with Crippen molar-refractivity contribution in [3.05, 3.63) is 93.6 Å². The molecule has 52 heavy (non-hydrogen) atoms. The van der Waals surface area contributed by atoms with Crippen LogP contribution in [-0.2, 0) is 39.5 Å². The van der Waals surface area contributed by atoms with E-state index in [4.69, 9.17) is 5.73 Å². The molecule has 6 rings (SSSR count). The predicted molar refractivity (Wildman–Crippen MR) is 185 cm³/mol. The number of hydrogen-bond donors (Lipinski definition) is 1. The quantitative estimate of drug-likeness (QED) is 0.109. The number of hydrogen-bond acceptors (Lipinski definition) is 9. The second-order valence-electron chi connectivity index (χ2n) is 12.9. The lowest BCUT2D eigenvalue weighted by Gasteiger charge is -2.25. The smallest absolute Gasteiger partial charge is 0.397 e. The van der Waals surface area contributed by atoms with E-state index in [0.29, 0.717) is 37.9 Å². The fraction of sp³-hybridized carbons (Fsp3) is 0.471. The van der Waals surface area contributed by atoms with E-state index in [1.807, 2.05) is 38.6 Å². The minimum Gasteiger partial charge on any atom is -0.397 e. The lowest BCUT2D eigenvalue weighted by atomic mass is 10.1. The molecular formula is C34H42F6N10O2. The summed E-state index contributed by atoms with van der Waals surface area (Å²) < 4.78 is 80.5. The topological polar surface area (TPSA) is 118 Å². The Hall–Kier alpha value is -4.84. The molecule has 4 aromatic rings. The van der Waals surface area contributed by atoms with Crippen LogP contribution in [0.2, 0.25) is 0 Å². The second-order valence-corrected chi connectivity index (χ2v) is 12.9. The summed E-state index contributed by atoms with van der Waals surface area (Å²) in [5.41, 5.74) is 6.70. The molecule has 2 fully saturated rings. The van der Waals surface area contributed by atoms with Gasteiger partial charge in [-0.2, -0.15) is 36.5 Å². The van der Waals surface area contributed by atoms with Gasteiger partial charge in [-0.05, 0) is 55.3 Å². The lowest BCUT2D eigenvalue weighted by molar-refractivity contribution is -0.384. The maximum atomic E-state index is 12.9. The third-order valence-electron chi connectivity index (χ3n) is 9.02. The number of nitro benzene ring substituents is 1. The third-order valence-corrected chi connectivity index (χ3v) is 9.02. The summed E-state index contributed by atoms with van der Waals surface area (Å²) in [6.45, 7) is 7.17. The molecule has 0 amide bonds. The molecule has 0 spiro atoms. The Bertz CT molecular complexity index is 1810. The third kappa shape index (κ3) is 10.1. The van der Waals surface area contributed by atoms with Gasteiger partial charge in [-0.1, -0.05) is 0 Å². The number of benzene rings is 2. The predicted octanol–water partition coefficient (Wildman–Crippen LogP) is 5.79. The number of rotatable bonds is 7. The molecule has 282 valence electrons. The fourth-order valence-corrected chi connectivity index (χ4v) is 6.43. The zero-order valence-electron chi connectivity index (χ0n) is 28.9. The molecule has 18 heteroatoms. The number of nitrogen functional groups attached to an aromatic ring is 1. The Labute approximate surface area is 297 Å². The standard InChI is InChI=1S/C17H20F3N5O2.C17H22F3N5/c1-22-8-5-14(21-22)12-23-6-2-7-24(10-9-23)15-4-3-13(17(18,19)20)11-16(15)25(26)27;1-23-8-5-14(22-23)12-24-6-2-7-25(10-9-24)16-4-3-13(11-15(16)21)17(18,19)20/h3-5,8,11H,2,6-7,9-10,12H2,1H3;3-5,8,11H,2,6-7,9-10,12,21H2,1H3. The zero-order chi connectivity index (χ0) is 37.6. The normalized spacial score (nSPS) is 16.6. The Morgan fingerprint density at radius 1 is 0.673 bits per heavy atom. The summed E-state index contributed by atoms with van der Waals surface area (Å²) >= 11 is 0. The van der Waals surface area contributed by atoms with E-state index in [1.165, 1.54) is 12.1 Å². The largest absolute Gasteiger partial charge is 0.416 e. The Balaban J connectivity index is 0.000000202. The van der Waals surface area contributed by atoms with E-state index in [2.05, 4.69) is 24.9 Å². The van der Waals surface area contributed by atoms with Crippen LogP contribution in [0.15, 0.2) is 60.9 Å². The van der Waals surface area contributed by atoms with Crippen LogP contribution in [-0.4, -0.2) is 86.6 Å².